The number of rotatable bonds is 4. The SMILES string of the molecule is O=C(Nc1cccc(Cl)c1)C(=O)Nn1c(C(=O)Nc2ccc(Cl)c(Cl)c2)cc2cc(Br)ccc21. The molecule has 0 aliphatic rings. The van der Waals surface area contributed by atoms with E-state index < -0.39 is 17.7 Å². The van der Waals surface area contributed by atoms with E-state index >= 15 is 0 Å². The molecule has 0 fully saturated rings. The van der Waals surface area contributed by atoms with Gasteiger partial charge in [0.2, 0.25) is 0 Å². The molecule has 0 unspecified atom stereocenters. The van der Waals surface area contributed by atoms with E-state index in [9.17, 15) is 14.4 Å². The van der Waals surface area contributed by atoms with Gasteiger partial charge in [-0.2, -0.15) is 0 Å². The average Bonchev–Trinajstić information content (AvgIpc) is 3.13. The molecule has 4 aromatic rings. The average molecular weight is 581 g/mol. The van der Waals surface area contributed by atoms with Crippen LogP contribution >= 0.6 is 50.7 Å². The van der Waals surface area contributed by atoms with Crippen molar-refractivity contribution in [1.82, 2.24) is 4.68 Å². The maximum atomic E-state index is 13.1. The van der Waals surface area contributed by atoms with Gasteiger partial charge in [0.25, 0.3) is 5.91 Å². The lowest BCUT2D eigenvalue weighted by Crippen LogP contribution is -2.36. The van der Waals surface area contributed by atoms with Crippen LogP contribution in [0.2, 0.25) is 15.1 Å². The number of nitrogens with zero attached hydrogens (tertiary/aromatic N) is 1. The number of aromatic nitrogens is 1. The predicted octanol–water partition coefficient (Wildman–Crippen LogP) is 6.33. The maximum absolute atomic E-state index is 13.1. The first-order valence-electron chi connectivity index (χ1n) is 9.66. The minimum atomic E-state index is -0.982. The van der Waals surface area contributed by atoms with Crippen molar-refractivity contribution >= 4 is 90.7 Å². The zero-order chi connectivity index (χ0) is 24.4. The lowest BCUT2D eigenvalue weighted by Gasteiger charge is -2.13. The smallest absolute Gasteiger partial charge is 0.321 e. The number of nitrogens with one attached hydrogen (secondary N) is 3. The van der Waals surface area contributed by atoms with Gasteiger partial charge in [0.05, 0.1) is 15.6 Å². The van der Waals surface area contributed by atoms with Gasteiger partial charge in [0.15, 0.2) is 0 Å². The van der Waals surface area contributed by atoms with Crippen molar-refractivity contribution in [2.45, 2.75) is 0 Å². The van der Waals surface area contributed by atoms with Crippen LogP contribution in [-0.4, -0.2) is 22.4 Å². The van der Waals surface area contributed by atoms with E-state index in [1.54, 1.807) is 54.6 Å². The first kappa shape index (κ1) is 24.1. The minimum absolute atomic E-state index is 0.0862. The van der Waals surface area contributed by atoms with Gasteiger partial charge in [0, 0.05) is 26.3 Å². The third-order valence-electron chi connectivity index (χ3n) is 4.68. The summed E-state index contributed by atoms with van der Waals surface area (Å²) in [5.41, 5.74) is 3.83. The second-order valence-corrected chi connectivity index (χ2v) is 9.22. The van der Waals surface area contributed by atoms with Gasteiger partial charge in [0.1, 0.15) is 5.69 Å². The summed E-state index contributed by atoms with van der Waals surface area (Å²) in [7, 11) is 0. The molecule has 11 heteroatoms. The highest BCUT2D eigenvalue weighted by molar-refractivity contribution is 9.10. The molecule has 4 rings (SSSR count). The van der Waals surface area contributed by atoms with Gasteiger partial charge in [-0.1, -0.05) is 56.8 Å². The monoisotopic (exact) mass is 578 g/mol. The minimum Gasteiger partial charge on any atom is -0.321 e. The van der Waals surface area contributed by atoms with E-state index in [2.05, 4.69) is 32.0 Å². The molecule has 0 aliphatic carbocycles. The quantitative estimate of drug-likeness (QED) is 0.247. The number of hydrogen-bond donors (Lipinski definition) is 3. The van der Waals surface area contributed by atoms with Crippen molar-refractivity contribution in [3.63, 3.8) is 0 Å². The Kier molecular flexibility index (Phi) is 7.13. The number of hydrogen-bond acceptors (Lipinski definition) is 3. The van der Waals surface area contributed by atoms with Crippen LogP contribution in [0.1, 0.15) is 10.5 Å². The summed E-state index contributed by atoms with van der Waals surface area (Å²) in [5, 5.41) is 6.86. The van der Waals surface area contributed by atoms with E-state index in [0.717, 1.165) is 4.47 Å². The van der Waals surface area contributed by atoms with Crippen LogP contribution in [0.3, 0.4) is 0 Å². The van der Waals surface area contributed by atoms with Crippen LogP contribution in [0.5, 0.6) is 0 Å². The first-order valence-corrected chi connectivity index (χ1v) is 11.6. The number of halogens is 4. The van der Waals surface area contributed by atoms with Crippen LogP contribution in [0.4, 0.5) is 11.4 Å². The second-order valence-electron chi connectivity index (χ2n) is 7.06. The van der Waals surface area contributed by atoms with Crippen LogP contribution in [-0.2, 0) is 9.59 Å². The Labute approximate surface area is 217 Å². The van der Waals surface area contributed by atoms with E-state index in [4.69, 9.17) is 34.8 Å². The van der Waals surface area contributed by atoms with Crippen molar-refractivity contribution < 1.29 is 14.4 Å². The molecular formula is C23H14BrCl3N4O3. The Morgan fingerprint density at radius 3 is 2.26 bits per heavy atom. The zero-order valence-electron chi connectivity index (χ0n) is 17.0. The number of fused-ring (bicyclic) bond motifs is 1. The molecule has 0 spiro atoms. The van der Waals surface area contributed by atoms with E-state index in [-0.39, 0.29) is 10.7 Å². The number of carbonyl (C=O) groups is 3. The molecule has 0 bridgehead atoms. The summed E-state index contributed by atoms with van der Waals surface area (Å²) in [6.07, 6.45) is 0. The molecule has 7 nitrogen and oxygen atoms in total. The number of carbonyl (C=O) groups excluding carboxylic acids is 3. The molecule has 172 valence electrons. The normalized spacial score (nSPS) is 10.7. The molecule has 0 saturated carbocycles. The van der Waals surface area contributed by atoms with Gasteiger partial charge < -0.3 is 10.6 Å². The van der Waals surface area contributed by atoms with Crippen molar-refractivity contribution in [2.24, 2.45) is 0 Å². The highest BCUT2D eigenvalue weighted by Crippen LogP contribution is 2.27. The van der Waals surface area contributed by atoms with Gasteiger partial charge in [-0.3, -0.25) is 19.8 Å². The Balaban J connectivity index is 1.63. The van der Waals surface area contributed by atoms with E-state index in [0.29, 0.717) is 32.3 Å². The van der Waals surface area contributed by atoms with Crippen molar-refractivity contribution in [3.8, 4) is 0 Å². The third-order valence-corrected chi connectivity index (χ3v) is 6.14. The molecule has 34 heavy (non-hydrogen) atoms. The fourth-order valence-corrected chi connectivity index (χ4v) is 4.02. The van der Waals surface area contributed by atoms with E-state index in [1.807, 2.05) is 0 Å². The van der Waals surface area contributed by atoms with Gasteiger partial charge in [-0.25, -0.2) is 4.68 Å². The molecule has 3 N–H and O–H groups in total. The Morgan fingerprint density at radius 1 is 0.765 bits per heavy atom. The molecule has 3 aromatic carbocycles. The van der Waals surface area contributed by atoms with Gasteiger partial charge in [-0.15, -0.1) is 0 Å². The fraction of sp³-hybridized carbons (Fsp3) is 0. The summed E-state index contributed by atoms with van der Waals surface area (Å²) >= 11 is 21.3. The first-order chi connectivity index (χ1) is 16.2. The largest absolute Gasteiger partial charge is 0.328 e. The fourth-order valence-electron chi connectivity index (χ4n) is 3.15. The lowest BCUT2D eigenvalue weighted by atomic mass is 10.2. The topological polar surface area (TPSA) is 92.2 Å². The number of benzene rings is 3. The highest BCUT2D eigenvalue weighted by atomic mass is 79.9. The van der Waals surface area contributed by atoms with Crippen LogP contribution in [0.25, 0.3) is 10.9 Å². The summed E-state index contributed by atoms with van der Waals surface area (Å²) < 4.78 is 2.02. The summed E-state index contributed by atoms with van der Waals surface area (Å²) in [6.45, 7) is 0. The van der Waals surface area contributed by atoms with Crippen molar-refractivity contribution in [3.05, 3.63) is 92.0 Å². The summed E-state index contributed by atoms with van der Waals surface area (Å²) in [6, 6.07) is 17.8. The molecular weight excluding hydrogens is 567 g/mol. The lowest BCUT2D eigenvalue weighted by molar-refractivity contribution is -0.133. The molecule has 1 aromatic heterocycles. The molecule has 0 atom stereocenters. The van der Waals surface area contributed by atoms with Gasteiger partial charge in [-0.05, 0) is 60.7 Å². The number of anilines is 2. The Morgan fingerprint density at radius 2 is 1.53 bits per heavy atom. The number of amides is 3. The van der Waals surface area contributed by atoms with Gasteiger partial charge >= 0.3 is 11.8 Å². The van der Waals surface area contributed by atoms with Crippen molar-refractivity contribution in [2.75, 3.05) is 16.1 Å². The van der Waals surface area contributed by atoms with Crippen molar-refractivity contribution in [1.29, 1.82) is 0 Å². The highest BCUT2D eigenvalue weighted by Gasteiger charge is 2.21. The Bertz CT molecular complexity index is 1450. The zero-order valence-corrected chi connectivity index (χ0v) is 20.9. The summed E-state index contributed by atoms with van der Waals surface area (Å²) in [5.74, 6) is -2.46. The molecule has 3 amide bonds. The maximum Gasteiger partial charge on any atom is 0.328 e. The third kappa shape index (κ3) is 5.37. The molecule has 0 saturated heterocycles. The van der Waals surface area contributed by atoms with Crippen LogP contribution in [0.15, 0.2) is 71.2 Å². The van der Waals surface area contributed by atoms with Crippen LogP contribution in [0, 0.1) is 0 Å². The molecule has 0 radical (unpaired) electrons. The molecule has 0 aliphatic heterocycles. The Hall–Kier alpha value is -3.04. The van der Waals surface area contributed by atoms with Crippen LogP contribution < -0.4 is 16.1 Å². The van der Waals surface area contributed by atoms with E-state index in [1.165, 1.54) is 16.8 Å². The predicted molar refractivity (Wildman–Crippen MR) is 139 cm³/mol. The summed E-state index contributed by atoms with van der Waals surface area (Å²) in [4.78, 5) is 38.2. The standard InChI is InChI=1S/C23H14BrCl3N4O3/c24-13-4-7-19-12(8-13)9-20(21(32)28-16-5-6-17(26)18(27)11-16)31(19)30-23(34)22(33)29-15-3-1-2-14(25)10-15/h1-11H,(H,28,32)(H,29,33)(H,30,34). The second kappa shape index (κ2) is 10.1. The molecule has 1 heterocycles.